The summed E-state index contributed by atoms with van der Waals surface area (Å²) in [4.78, 5) is 51.2. The lowest BCUT2D eigenvalue weighted by atomic mass is 10.0. The number of rotatable bonds is 15. The van der Waals surface area contributed by atoms with E-state index >= 15 is 0 Å². The van der Waals surface area contributed by atoms with Gasteiger partial charge in [0.25, 0.3) is 0 Å². The first-order valence-corrected chi connectivity index (χ1v) is 10.6. The number of aliphatic imine (C=N–C) groups is 1. The molecule has 12 heteroatoms. The molecule has 0 aliphatic heterocycles. The first-order chi connectivity index (χ1) is 13.6. The standard InChI is InChI=1S/C17H32N6O5S/c1-10(2)13(16(27)28)23-15(26)12(5-4-7-20-17(18)19)22-14(25)11(21-9-24)6-8-29-3/h9-13H,4-8H2,1-3H3,(H,21,24)(H,22,25)(H,23,26)(H,27,28)(H4,18,19,20)/t11-,12-,13-/m0/s1. The molecule has 0 saturated heterocycles. The largest absolute Gasteiger partial charge is 0.480 e. The number of carbonyl (C=O) groups excluding carboxylic acids is 3. The Morgan fingerprint density at radius 1 is 1.10 bits per heavy atom. The van der Waals surface area contributed by atoms with Gasteiger partial charge in [-0.05, 0) is 37.2 Å². The van der Waals surface area contributed by atoms with E-state index in [-0.39, 0.29) is 24.8 Å². The van der Waals surface area contributed by atoms with Crippen molar-refractivity contribution in [2.24, 2.45) is 22.4 Å². The van der Waals surface area contributed by atoms with E-state index < -0.39 is 35.9 Å². The minimum Gasteiger partial charge on any atom is -0.480 e. The molecule has 11 nitrogen and oxygen atoms in total. The minimum absolute atomic E-state index is 0.0897. The highest BCUT2D eigenvalue weighted by Gasteiger charge is 2.29. The Labute approximate surface area is 174 Å². The predicted octanol–water partition coefficient (Wildman–Crippen LogP) is -1.38. The SMILES string of the molecule is CSCC[C@H](NC=O)C(=O)N[C@@H](CCCN=C(N)N)C(=O)N[C@H](C(=O)O)C(C)C. The van der Waals surface area contributed by atoms with E-state index in [9.17, 15) is 24.3 Å². The first-order valence-electron chi connectivity index (χ1n) is 9.21. The van der Waals surface area contributed by atoms with Crippen LogP contribution >= 0.6 is 11.8 Å². The summed E-state index contributed by atoms with van der Waals surface area (Å²) < 4.78 is 0. The topological polar surface area (TPSA) is 189 Å². The van der Waals surface area contributed by atoms with Crippen molar-refractivity contribution in [3.63, 3.8) is 0 Å². The van der Waals surface area contributed by atoms with E-state index in [1.54, 1.807) is 13.8 Å². The van der Waals surface area contributed by atoms with Crippen LogP contribution in [0, 0.1) is 5.92 Å². The first kappa shape index (κ1) is 26.5. The number of nitrogens with one attached hydrogen (secondary N) is 3. The minimum atomic E-state index is -1.17. The summed E-state index contributed by atoms with van der Waals surface area (Å²) >= 11 is 1.51. The van der Waals surface area contributed by atoms with E-state index in [0.717, 1.165) is 0 Å². The summed E-state index contributed by atoms with van der Waals surface area (Å²) in [5, 5.41) is 16.8. The van der Waals surface area contributed by atoms with Crippen molar-refractivity contribution >= 4 is 41.9 Å². The molecule has 3 amide bonds. The summed E-state index contributed by atoms with van der Waals surface area (Å²) in [7, 11) is 0. The Morgan fingerprint density at radius 3 is 2.21 bits per heavy atom. The van der Waals surface area contributed by atoms with Gasteiger partial charge in [0.2, 0.25) is 18.2 Å². The van der Waals surface area contributed by atoms with Gasteiger partial charge in [0.1, 0.15) is 18.1 Å². The van der Waals surface area contributed by atoms with Crippen LogP contribution in [0.25, 0.3) is 0 Å². The molecule has 0 aliphatic carbocycles. The van der Waals surface area contributed by atoms with Crippen molar-refractivity contribution in [1.29, 1.82) is 0 Å². The highest BCUT2D eigenvalue weighted by atomic mass is 32.2. The number of thioether (sulfide) groups is 1. The van der Waals surface area contributed by atoms with E-state index in [1.807, 2.05) is 6.26 Å². The van der Waals surface area contributed by atoms with Crippen LogP contribution in [0.15, 0.2) is 4.99 Å². The van der Waals surface area contributed by atoms with Crippen molar-refractivity contribution in [2.45, 2.75) is 51.2 Å². The molecule has 166 valence electrons. The quantitative estimate of drug-likeness (QED) is 0.0789. The highest BCUT2D eigenvalue weighted by molar-refractivity contribution is 7.98. The number of guanidine groups is 1. The van der Waals surface area contributed by atoms with Gasteiger partial charge in [-0.25, -0.2) is 4.79 Å². The Hall–Kier alpha value is -2.50. The third kappa shape index (κ3) is 11.2. The fraction of sp³-hybridized carbons (Fsp3) is 0.706. The Bertz CT molecular complexity index is 583. The Kier molecular flexibility index (Phi) is 13.2. The molecule has 0 heterocycles. The second-order valence-electron chi connectivity index (χ2n) is 6.70. The Balaban J connectivity index is 5.26. The van der Waals surface area contributed by atoms with Gasteiger partial charge in [-0.15, -0.1) is 0 Å². The van der Waals surface area contributed by atoms with E-state index in [2.05, 4.69) is 20.9 Å². The summed E-state index contributed by atoms with van der Waals surface area (Å²) in [5.74, 6) is -2.12. The summed E-state index contributed by atoms with van der Waals surface area (Å²) in [6, 6.07) is -2.89. The lowest BCUT2D eigenvalue weighted by molar-refractivity contribution is -0.143. The molecule has 0 radical (unpaired) electrons. The second-order valence-corrected chi connectivity index (χ2v) is 7.68. The summed E-state index contributed by atoms with van der Waals surface area (Å²) in [6.07, 6.45) is 3.25. The fourth-order valence-electron chi connectivity index (χ4n) is 2.42. The molecule has 0 aromatic carbocycles. The Morgan fingerprint density at radius 2 is 1.72 bits per heavy atom. The smallest absolute Gasteiger partial charge is 0.326 e. The third-order valence-electron chi connectivity index (χ3n) is 4.01. The highest BCUT2D eigenvalue weighted by Crippen LogP contribution is 2.07. The van der Waals surface area contributed by atoms with Crippen LogP contribution in [0.4, 0.5) is 0 Å². The molecule has 0 unspecified atom stereocenters. The van der Waals surface area contributed by atoms with Crippen LogP contribution in [-0.4, -0.2) is 71.9 Å². The van der Waals surface area contributed by atoms with Crippen LogP contribution in [0.1, 0.15) is 33.1 Å². The number of aliphatic carboxylic acids is 1. The van der Waals surface area contributed by atoms with Gasteiger partial charge in [0.15, 0.2) is 5.96 Å². The van der Waals surface area contributed by atoms with Crippen molar-refractivity contribution in [1.82, 2.24) is 16.0 Å². The van der Waals surface area contributed by atoms with Crippen LogP contribution in [0.5, 0.6) is 0 Å². The molecule has 8 N–H and O–H groups in total. The molecule has 0 aromatic rings. The van der Waals surface area contributed by atoms with Gasteiger partial charge in [0.05, 0.1) is 0 Å². The molecule has 0 rings (SSSR count). The number of hydrogen-bond acceptors (Lipinski definition) is 6. The molecule has 0 saturated carbocycles. The molecule has 0 spiro atoms. The van der Waals surface area contributed by atoms with Crippen LogP contribution in [0.2, 0.25) is 0 Å². The van der Waals surface area contributed by atoms with E-state index in [1.165, 1.54) is 11.8 Å². The zero-order valence-corrected chi connectivity index (χ0v) is 17.8. The fourth-order valence-corrected chi connectivity index (χ4v) is 2.89. The number of nitrogens with zero attached hydrogens (tertiary/aromatic N) is 1. The van der Waals surface area contributed by atoms with Crippen molar-refractivity contribution in [3.8, 4) is 0 Å². The molecular formula is C17H32N6O5S. The lowest BCUT2D eigenvalue weighted by Gasteiger charge is -2.25. The van der Waals surface area contributed by atoms with Gasteiger partial charge in [0, 0.05) is 6.54 Å². The van der Waals surface area contributed by atoms with Crippen molar-refractivity contribution in [3.05, 3.63) is 0 Å². The predicted molar refractivity (Wildman–Crippen MR) is 112 cm³/mol. The van der Waals surface area contributed by atoms with E-state index in [0.29, 0.717) is 25.0 Å². The van der Waals surface area contributed by atoms with Crippen molar-refractivity contribution < 1.29 is 24.3 Å². The number of carboxylic acid groups (broad SMARTS) is 1. The second kappa shape index (κ2) is 14.5. The van der Waals surface area contributed by atoms with Crippen LogP contribution in [-0.2, 0) is 19.2 Å². The maximum atomic E-state index is 12.7. The molecule has 0 fully saturated rings. The maximum Gasteiger partial charge on any atom is 0.326 e. The number of carbonyl (C=O) groups is 4. The molecule has 29 heavy (non-hydrogen) atoms. The lowest BCUT2D eigenvalue weighted by Crippen LogP contribution is -2.56. The molecular weight excluding hydrogens is 400 g/mol. The third-order valence-corrected chi connectivity index (χ3v) is 4.65. The van der Waals surface area contributed by atoms with Crippen molar-refractivity contribution in [2.75, 3.05) is 18.6 Å². The molecule has 0 aliphatic rings. The zero-order valence-electron chi connectivity index (χ0n) is 17.0. The summed E-state index contributed by atoms with van der Waals surface area (Å²) in [5.41, 5.74) is 10.5. The van der Waals surface area contributed by atoms with Crippen LogP contribution < -0.4 is 27.4 Å². The maximum absolute atomic E-state index is 12.7. The average molecular weight is 433 g/mol. The van der Waals surface area contributed by atoms with Gasteiger partial charge < -0.3 is 32.5 Å². The number of nitrogens with two attached hydrogens (primary N) is 2. The normalized spacial score (nSPS) is 13.7. The van der Waals surface area contributed by atoms with Gasteiger partial charge in [-0.1, -0.05) is 13.8 Å². The number of carboxylic acids is 1. The van der Waals surface area contributed by atoms with Gasteiger partial charge in [-0.3, -0.25) is 19.4 Å². The summed E-state index contributed by atoms with van der Waals surface area (Å²) in [6.45, 7) is 3.58. The number of amides is 3. The van der Waals surface area contributed by atoms with Crippen LogP contribution in [0.3, 0.4) is 0 Å². The van der Waals surface area contributed by atoms with E-state index in [4.69, 9.17) is 11.5 Å². The zero-order chi connectivity index (χ0) is 22.4. The average Bonchev–Trinajstić information content (AvgIpc) is 2.64. The number of hydrogen-bond donors (Lipinski definition) is 6. The molecule has 0 bridgehead atoms. The monoisotopic (exact) mass is 432 g/mol. The molecule has 0 aromatic heterocycles. The molecule has 3 atom stereocenters. The van der Waals surface area contributed by atoms with Gasteiger partial charge in [-0.2, -0.15) is 11.8 Å². The van der Waals surface area contributed by atoms with Gasteiger partial charge >= 0.3 is 5.97 Å².